The van der Waals surface area contributed by atoms with Crippen molar-refractivity contribution in [2.45, 2.75) is 4.90 Å². The topological polar surface area (TPSA) is 72.9 Å². The quantitative estimate of drug-likeness (QED) is 0.727. The number of nitrogens with zero attached hydrogens (tertiary/aromatic N) is 2. The Labute approximate surface area is 125 Å². The number of anilines is 2. The van der Waals surface area contributed by atoms with Crippen LogP contribution in [0.3, 0.4) is 0 Å². The third kappa shape index (κ3) is 2.95. The molecule has 0 aliphatic heterocycles. The Balaban J connectivity index is 1.85. The Morgan fingerprint density at radius 3 is 2.43 bits per heavy atom. The van der Waals surface area contributed by atoms with Crippen molar-refractivity contribution in [1.82, 2.24) is 9.78 Å². The second kappa shape index (κ2) is 5.80. The zero-order valence-electron chi connectivity index (χ0n) is 11.1. The normalized spacial score (nSPS) is 12.0. The zero-order valence-corrected chi connectivity index (χ0v) is 12.0. The molecule has 1 aromatic heterocycles. The summed E-state index contributed by atoms with van der Waals surface area (Å²) in [4.78, 5) is 0.657. The van der Waals surface area contributed by atoms with Gasteiger partial charge in [-0.2, -0.15) is 5.10 Å². The van der Waals surface area contributed by atoms with E-state index in [9.17, 15) is 4.21 Å². The highest BCUT2D eigenvalue weighted by Gasteiger charge is 2.09. The molecular weight excluding hydrogens is 284 g/mol. The minimum absolute atomic E-state index is 0.644. The van der Waals surface area contributed by atoms with Crippen LogP contribution in [0.15, 0.2) is 71.8 Å². The summed E-state index contributed by atoms with van der Waals surface area (Å²) in [6.07, 6.45) is 1.66. The monoisotopic (exact) mass is 298 g/mol. The van der Waals surface area contributed by atoms with Crippen molar-refractivity contribution >= 4 is 22.5 Å². The van der Waals surface area contributed by atoms with E-state index in [4.69, 9.17) is 5.73 Å². The fraction of sp³-hybridized carbons (Fsp3) is 0. The van der Waals surface area contributed by atoms with Gasteiger partial charge >= 0.3 is 0 Å². The number of para-hydroxylation sites is 1. The molecule has 1 heterocycles. The lowest BCUT2D eigenvalue weighted by Gasteiger charge is -2.09. The van der Waals surface area contributed by atoms with Crippen molar-refractivity contribution in [3.05, 3.63) is 66.9 Å². The molecule has 0 spiro atoms. The lowest BCUT2D eigenvalue weighted by molar-refractivity contribution is 0.686. The first-order valence-electron chi connectivity index (χ1n) is 6.37. The molecule has 0 fully saturated rings. The van der Waals surface area contributed by atoms with Crippen LogP contribution in [0.2, 0.25) is 0 Å². The van der Waals surface area contributed by atoms with Gasteiger partial charge in [0.15, 0.2) is 11.0 Å². The summed E-state index contributed by atoms with van der Waals surface area (Å²) in [6.45, 7) is 0. The molecule has 0 radical (unpaired) electrons. The molecule has 3 rings (SSSR count). The number of benzene rings is 2. The maximum atomic E-state index is 12.3. The maximum Gasteiger partial charge on any atom is 0.151 e. The van der Waals surface area contributed by atoms with Gasteiger partial charge in [-0.3, -0.25) is 4.72 Å². The summed E-state index contributed by atoms with van der Waals surface area (Å²) in [6, 6.07) is 18.4. The van der Waals surface area contributed by atoms with Crippen LogP contribution in [0, 0.1) is 0 Å². The van der Waals surface area contributed by atoms with Crippen molar-refractivity contribution in [3.63, 3.8) is 0 Å². The molecule has 0 aliphatic rings. The molecular formula is C15H14N4OS. The molecule has 0 saturated carbocycles. The number of aromatic nitrogens is 2. The average molecular weight is 298 g/mol. The number of hydrogen-bond acceptors (Lipinski definition) is 3. The fourth-order valence-corrected chi connectivity index (χ4v) is 2.75. The fourth-order valence-electron chi connectivity index (χ4n) is 1.90. The van der Waals surface area contributed by atoms with E-state index < -0.39 is 11.0 Å². The van der Waals surface area contributed by atoms with Crippen LogP contribution >= 0.6 is 0 Å². The standard InChI is InChI=1S/C15H14N4OS/c16-12-6-8-14(9-7-12)21(20)18-15-10-11-17-19(15)13-4-2-1-3-5-13/h1-11,18H,16H2. The second-order valence-corrected chi connectivity index (χ2v) is 5.62. The molecule has 5 nitrogen and oxygen atoms in total. The van der Waals surface area contributed by atoms with E-state index in [1.54, 1.807) is 41.2 Å². The number of nitrogens with one attached hydrogen (secondary N) is 1. The zero-order chi connectivity index (χ0) is 14.7. The Morgan fingerprint density at radius 1 is 1.00 bits per heavy atom. The van der Waals surface area contributed by atoms with Crippen LogP contribution in [0.1, 0.15) is 0 Å². The molecule has 0 saturated heterocycles. The molecule has 0 aliphatic carbocycles. The van der Waals surface area contributed by atoms with Gasteiger partial charge in [-0.15, -0.1) is 0 Å². The summed E-state index contributed by atoms with van der Waals surface area (Å²) in [5.41, 5.74) is 7.18. The molecule has 0 amide bonds. The van der Waals surface area contributed by atoms with E-state index >= 15 is 0 Å². The number of rotatable bonds is 4. The predicted molar refractivity (Wildman–Crippen MR) is 84.4 cm³/mol. The summed E-state index contributed by atoms with van der Waals surface area (Å²) in [5, 5.41) is 4.25. The van der Waals surface area contributed by atoms with Crippen molar-refractivity contribution in [2.24, 2.45) is 0 Å². The van der Waals surface area contributed by atoms with E-state index in [-0.39, 0.29) is 0 Å². The summed E-state index contributed by atoms with van der Waals surface area (Å²) in [5.74, 6) is 0.663. The molecule has 3 N–H and O–H groups in total. The summed E-state index contributed by atoms with van der Waals surface area (Å²) >= 11 is 0. The molecule has 21 heavy (non-hydrogen) atoms. The Morgan fingerprint density at radius 2 is 1.71 bits per heavy atom. The van der Waals surface area contributed by atoms with Crippen LogP contribution in [0.5, 0.6) is 0 Å². The van der Waals surface area contributed by atoms with Gasteiger partial charge < -0.3 is 5.73 Å². The lowest BCUT2D eigenvalue weighted by Crippen LogP contribution is -2.09. The second-order valence-electron chi connectivity index (χ2n) is 4.40. The molecule has 2 aromatic carbocycles. The number of nitrogen functional groups attached to an aromatic ring is 1. The van der Waals surface area contributed by atoms with Crippen LogP contribution in [0.4, 0.5) is 11.5 Å². The molecule has 1 unspecified atom stereocenters. The minimum Gasteiger partial charge on any atom is -0.399 e. The Bertz CT molecular complexity index is 753. The predicted octanol–water partition coefficient (Wildman–Crippen LogP) is 2.59. The Hall–Kier alpha value is -2.60. The van der Waals surface area contributed by atoms with Crippen molar-refractivity contribution in [2.75, 3.05) is 10.5 Å². The van der Waals surface area contributed by atoms with Gasteiger partial charge in [0.05, 0.1) is 16.8 Å². The van der Waals surface area contributed by atoms with Crippen molar-refractivity contribution in [3.8, 4) is 5.69 Å². The molecule has 3 aromatic rings. The van der Waals surface area contributed by atoms with E-state index in [1.165, 1.54) is 0 Å². The highest BCUT2D eigenvalue weighted by Crippen LogP contribution is 2.17. The number of hydrogen-bond donors (Lipinski definition) is 2. The SMILES string of the molecule is Nc1ccc(S(=O)Nc2ccnn2-c2ccccc2)cc1. The van der Waals surface area contributed by atoms with E-state index in [0.717, 1.165) is 5.69 Å². The van der Waals surface area contributed by atoms with Crippen LogP contribution < -0.4 is 10.5 Å². The molecule has 1 atom stereocenters. The third-order valence-corrected chi connectivity index (χ3v) is 4.03. The number of nitrogens with two attached hydrogens (primary N) is 1. The van der Waals surface area contributed by atoms with Gasteiger partial charge in [0.2, 0.25) is 0 Å². The van der Waals surface area contributed by atoms with Crippen molar-refractivity contribution < 1.29 is 4.21 Å². The maximum absolute atomic E-state index is 12.3. The lowest BCUT2D eigenvalue weighted by atomic mass is 10.3. The summed E-state index contributed by atoms with van der Waals surface area (Å²) < 4.78 is 17.0. The van der Waals surface area contributed by atoms with E-state index in [1.807, 2.05) is 30.3 Å². The van der Waals surface area contributed by atoms with Crippen molar-refractivity contribution in [1.29, 1.82) is 0 Å². The first-order valence-corrected chi connectivity index (χ1v) is 7.52. The van der Waals surface area contributed by atoms with Gasteiger partial charge in [0.1, 0.15) is 5.82 Å². The largest absolute Gasteiger partial charge is 0.399 e. The Kier molecular flexibility index (Phi) is 3.70. The minimum atomic E-state index is -1.37. The van der Waals surface area contributed by atoms with Crippen LogP contribution in [-0.2, 0) is 11.0 Å². The first kappa shape index (κ1) is 13.4. The third-order valence-electron chi connectivity index (χ3n) is 2.93. The smallest absolute Gasteiger partial charge is 0.151 e. The van der Waals surface area contributed by atoms with Crippen LogP contribution in [-0.4, -0.2) is 14.0 Å². The van der Waals surface area contributed by atoms with Gasteiger partial charge in [0, 0.05) is 11.8 Å². The van der Waals surface area contributed by atoms with Gasteiger partial charge in [-0.1, -0.05) is 18.2 Å². The van der Waals surface area contributed by atoms with Gasteiger partial charge in [0.25, 0.3) is 0 Å². The van der Waals surface area contributed by atoms with E-state index in [2.05, 4.69) is 9.82 Å². The molecule has 0 bridgehead atoms. The average Bonchev–Trinajstić information content (AvgIpc) is 2.97. The van der Waals surface area contributed by atoms with E-state index in [0.29, 0.717) is 16.4 Å². The molecule has 106 valence electrons. The van der Waals surface area contributed by atoms with Gasteiger partial charge in [-0.05, 0) is 36.4 Å². The highest BCUT2D eigenvalue weighted by atomic mass is 32.2. The van der Waals surface area contributed by atoms with Crippen LogP contribution in [0.25, 0.3) is 5.69 Å². The first-order chi connectivity index (χ1) is 10.2. The van der Waals surface area contributed by atoms with Gasteiger partial charge in [-0.25, -0.2) is 8.89 Å². The highest BCUT2D eigenvalue weighted by molar-refractivity contribution is 7.86. The molecule has 6 heteroatoms. The summed E-state index contributed by atoms with van der Waals surface area (Å²) in [7, 11) is -1.37.